The van der Waals surface area contributed by atoms with E-state index in [1.54, 1.807) is 0 Å². The zero-order chi connectivity index (χ0) is 32.3. The van der Waals surface area contributed by atoms with Crippen molar-refractivity contribution in [2.75, 3.05) is 0 Å². The van der Waals surface area contributed by atoms with E-state index in [-0.39, 0.29) is 34.5 Å². The fourth-order valence-corrected chi connectivity index (χ4v) is 6.06. The molecule has 0 aliphatic rings. The number of benzene rings is 7. The highest BCUT2D eigenvalue weighted by Gasteiger charge is 2.24. The second-order valence-electron chi connectivity index (χ2n) is 9.87. The number of fused-ring (bicyclic) bond motifs is 8. The lowest BCUT2D eigenvalue weighted by atomic mass is 9.86. The maximum Gasteiger partial charge on any atom is 0.144 e. The second-order valence-corrected chi connectivity index (χ2v) is 9.87. The minimum absolute atomic E-state index is 0.0873. The first kappa shape index (κ1) is 15.9. The van der Waals surface area contributed by atoms with Crippen molar-refractivity contribution in [1.29, 1.82) is 0 Å². The zero-order valence-electron chi connectivity index (χ0n) is 28.0. The van der Waals surface area contributed by atoms with Gasteiger partial charge in [0.1, 0.15) is 22.3 Å². The van der Waals surface area contributed by atoms with E-state index < -0.39 is 24.2 Å². The molecular weight excluding hydrogens is 488 g/mol. The van der Waals surface area contributed by atoms with E-state index in [0.717, 1.165) is 43.8 Å². The van der Waals surface area contributed by atoms with Crippen LogP contribution in [0, 0.1) is 0 Å². The zero-order valence-corrected chi connectivity index (χ0v) is 21.0. The Morgan fingerprint density at radius 2 is 1.10 bits per heavy atom. The lowest BCUT2D eigenvalue weighted by Gasteiger charge is -2.15. The van der Waals surface area contributed by atoms with Crippen LogP contribution in [-0.2, 0) is 0 Å². The molecule has 2 heteroatoms. The third kappa shape index (κ3) is 2.93. The van der Waals surface area contributed by atoms with E-state index in [4.69, 9.17) is 15.7 Å². The van der Waals surface area contributed by atoms with Gasteiger partial charge < -0.3 is 8.83 Å². The molecule has 0 atom stereocenters. The molecule has 0 saturated carbocycles. The summed E-state index contributed by atoms with van der Waals surface area (Å²) in [7, 11) is 0. The Hall–Kier alpha value is -5.34. The van der Waals surface area contributed by atoms with Crippen molar-refractivity contribution >= 4 is 65.4 Å². The monoisotopic (exact) mass is 517 g/mol. The van der Waals surface area contributed by atoms with Crippen molar-refractivity contribution in [2.24, 2.45) is 0 Å². The van der Waals surface area contributed by atoms with Crippen LogP contribution in [0.3, 0.4) is 0 Å². The van der Waals surface area contributed by atoms with Crippen LogP contribution in [0.4, 0.5) is 0 Å². The molecule has 9 aromatic rings. The minimum Gasteiger partial charge on any atom is -0.456 e. The Morgan fingerprint density at radius 1 is 0.475 bits per heavy atom. The van der Waals surface area contributed by atoms with Crippen LogP contribution in [0.5, 0.6) is 0 Å². The van der Waals surface area contributed by atoms with Gasteiger partial charge in [-0.2, -0.15) is 0 Å². The Kier molecular flexibility index (Phi) is 3.22. The van der Waals surface area contributed by atoms with Crippen LogP contribution in [0.15, 0.2) is 142 Å². The molecule has 2 nitrogen and oxygen atoms in total. The summed E-state index contributed by atoms with van der Waals surface area (Å²) in [5, 5.41) is 4.59. The Bertz CT molecular complexity index is 2830. The predicted molar refractivity (Wildman–Crippen MR) is 167 cm³/mol. The third-order valence-electron chi connectivity index (χ3n) is 7.71. The van der Waals surface area contributed by atoms with Crippen molar-refractivity contribution < 1.29 is 18.4 Å². The SMILES string of the molecule is [2H]c1c([2H])c([2H])c2c([2H])c(-c3c4ccccc4c(-c4cccc5oc6ccccc6c45)c4oc5ccccc5c34)c([2H])c([2H])c2c1[2H]. The van der Waals surface area contributed by atoms with Crippen LogP contribution >= 0.6 is 0 Å². The molecule has 7 aromatic carbocycles. The van der Waals surface area contributed by atoms with E-state index in [0.29, 0.717) is 27.5 Å². The number of para-hydroxylation sites is 2. The average Bonchev–Trinajstić information content (AvgIpc) is 3.66. The molecule has 0 aliphatic carbocycles. The molecule has 0 bridgehead atoms. The summed E-state index contributed by atoms with van der Waals surface area (Å²) in [5.74, 6) is 0. The van der Waals surface area contributed by atoms with Crippen molar-refractivity contribution in [3.63, 3.8) is 0 Å². The van der Waals surface area contributed by atoms with Crippen LogP contribution in [-0.4, -0.2) is 0 Å². The van der Waals surface area contributed by atoms with Gasteiger partial charge in [-0.3, -0.25) is 0 Å². The molecule has 0 spiro atoms. The normalized spacial score (nSPS) is 14.4. The Morgan fingerprint density at radius 3 is 1.90 bits per heavy atom. The second kappa shape index (κ2) is 8.08. The minimum atomic E-state index is -0.499. The number of hydrogen-bond donors (Lipinski definition) is 0. The molecule has 0 fully saturated rings. The molecule has 186 valence electrons. The first-order valence-corrected chi connectivity index (χ1v) is 13.0. The lowest BCUT2D eigenvalue weighted by Crippen LogP contribution is -1.90. The molecule has 0 unspecified atom stereocenters. The highest BCUT2D eigenvalue weighted by Crippen LogP contribution is 2.49. The standard InChI is InChI=1S/C38H22O2/c1-2-11-24-22-25(21-20-23(24)10-1)34-26-12-3-4-13-27(26)36(38-37(34)29-15-6-8-18-32(29)40-38)30-16-9-19-33-35(30)28-14-5-7-17-31(28)39-33/h1-22H/i1D,2D,10D,11D,20D,21D,22D. The van der Waals surface area contributed by atoms with Gasteiger partial charge in [0.05, 0.1) is 9.60 Å². The topological polar surface area (TPSA) is 26.3 Å². The fourth-order valence-electron chi connectivity index (χ4n) is 6.06. The molecular formula is C38H22O2. The van der Waals surface area contributed by atoms with Crippen molar-refractivity contribution in [2.45, 2.75) is 0 Å². The molecule has 2 heterocycles. The summed E-state index contributed by atoms with van der Waals surface area (Å²) in [6.45, 7) is 0. The summed E-state index contributed by atoms with van der Waals surface area (Å²) >= 11 is 0. The maximum atomic E-state index is 9.43. The van der Waals surface area contributed by atoms with Crippen LogP contribution in [0.1, 0.15) is 9.60 Å². The highest BCUT2D eigenvalue weighted by molar-refractivity contribution is 6.29. The summed E-state index contributed by atoms with van der Waals surface area (Å²) in [6, 6.07) is 26.4. The van der Waals surface area contributed by atoms with E-state index in [1.807, 2.05) is 91.0 Å². The first-order valence-electron chi connectivity index (χ1n) is 16.5. The van der Waals surface area contributed by atoms with Crippen LogP contribution < -0.4 is 0 Å². The molecule has 2 aromatic heterocycles. The van der Waals surface area contributed by atoms with Crippen LogP contribution in [0.2, 0.25) is 0 Å². The Balaban J connectivity index is 1.54. The van der Waals surface area contributed by atoms with Gasteiger partial charge in [0, 0.05) is 32.7 Å². The molecule has 0 saturated heterocycles. The van der Waals surface area contributed by atoms with Gasteiger partial charge in [0.25, 0.3) is 0 Å². The molecule has 0 radical (unpaired) electrons. The van der Waals surface area contributed by atoms with Gasteiger partial charge in [0.2, 0.25) is 0 Å². The number of hydrogen-bond acceptors (Lipinski definition) is 2. The van der Waals surface area contributed by atoms with E-state index >= 15 is 0 Å². The van der Waals surface area contributed by atoms with E-state index in [1.165, 1.54) is 0 Å². The highest BCUT2D eigenvalue weighted by atomic mass is 16.3. The molecule has 0 N–H and O–H groups in total. The van der Waals surface area contributed by atoms with Gasteiger partial charge in [-0.1, -0.05) is 109 Å². The first-order chi connectivity index (χ1) is 22.8. The molecule has 0 amide bonds. The van der Waals surface area contributed by atoms with Gasteiger partial charge >= 0.3 is 0 Å². The summed E-state index contributed by atoms with van der Waals surface area (Å²) in [5.41, 5.74) is 4.97. The largest absolute Gasteiger partial charge is 0.456 e. The van der Waals surface area contributed by atoms with E-state index in [2.05, 4.69) is 0 Å². The molecule has 40 heavy (non-hydrogen) atoms. The van der Waals surface area contributed by atoms with Crippen molar-refractivity contribution in [3.8, 4) is 22.3 Å². The smallest absolute Gasteiger partial charge is 0.144 e. The van der Waals surface area contributed by atoms with Gasteiger partial charge in [-0.15, -0.1) is 0 Å². The quantitative estimate of drug-likeness (QED) is 0.228. The fraction of sp³-hybridized carbons (Fsp3) is 0. The summed E-state index contributed by atoms with van der Waals surface area (Å²) in [6.07, 6.45) is 0. The maximum absolute atomic E-state index is 9.43. The van der Waals surface area contributed by atoms with Gasteiger partial charge in [0.15, 0.2) is 0 Å². The summed E-state index contributed by atoms with van der Waals surface area (Å²) < 4.78 is 74.4. The Labute approximate surface area is 239 Å². The van der Waals surface area contributed by atoms with Crippen molar-refractivity contribution in [3.05, 3.63) is 133 Å². The average molecular weight is 518 g/mol. The van der Waals surface area contributed by atoms with Gasteiger partial charge in [-0.05, 0) is 56.9 Å². The molecule has 9 rings (SSSR count). The summed E-state index contributed by atoms with van der Waals surface area (Å²) in [4.78, 5) is 0. The van der Waals surface area contributed by atoms with E-state index in [9.17, 15) is 2.74 Å². The van der Waals surface area contributed by atoms with Crippen molar-refractivity contribution in [1.82, 2.24) is 0 Å². The third-order valence-corrected chi connectivity index (χ3v) is 7.71. The molecule has 0 aliphatic heterocycles. The van der Waals surface area contributed by atoms with Gasteiger partial charge in [-0.25, -0.2) is 0 Å². The number of furan rings is 2. The predicted octanol–water partition coefficient (Wildman–Crippen LogP) is 11.1. The van der Waals surface area contributed by atoms with Crippen LogP contribution in [0.25, 0.3) is 87.7 Å². The number of rotatable bonds is 2. The lowest BCUT2D eigenvalue weighted by molar-refractivity contribution is 0.669.